The zero-order valence-electron chi connectivity index (χ0n) is 11.1. The van der Waals surface area contributed by atoms with Crippen molar-refractivity contribution in [3.63, 3.8) is 0 Å². The zero-order chi connectivity index (χ0) is 13.1. The minimum atomic E-state index is -0.245. The van der Waals surface area contributed by atoms with Gasteiger partial charge in [0.15, 0.2) is 0 Å². The molecule has 0 aliphatic carbocycles. The number of methoxy groups -OCH3 is 1. The summed E-state index contributed by atoms with van der Waals surface area (Å²) in [4.78, 5) is 2.20. The lowest BCUT2D eigenvalue weighted by Gasteiger charge is -2.34. The molecule has 1 fully saturated rings. The fourth-order valence-corrected chi connectivity index (χ4v) is 2.62. The Labute approximate surface area is 108 Å². The van der Waals surface area contributed by atoms with E-state index in [1.165, 1.54) is 0 Å². The number of nitrogens with zero attached hydrogens (tertiary/aromatic N) is 1. The van der Waals surface area contributed by atoms with Crippen molar-refractivity contribution in [2.75, 3.05) is 25.1 Å². The maximum Gasteiger partial charge on any atom is 0.125 e. The highest BCUT2D eigenvalue weighted by Gasteiger charge is 2.22. The summed E-state index contributed by atoms with van der Waals surface area (Å²) in [7, 11) is 1.66. The van der Waals surface area contributed by atoms with Crippen LogP contribution >= 0.6 is 0 Å². The molecule has 18 heavy (non-hydrogen) atoms. The fourth-order valence-electron chi connectivity index (χ4n) is 2.62. The molecule has 0 bridgehead atoms. The number of benzene rings is 1. The third-order valence-corrected chi connectivity index (χ3v) is 3.46. The fraction of sp³-hybridized carbons (Fsp3) is 0.571. The van der Waals surface area contributed by atoms with Crippen LogP contribution in [0.4, 0.5) is 5.69 Å². The molecular weight excluding hydrogens is 228 g/mol. The van der Waals surface area contributed by atoms with E-state index in [0.29, 0.717) is 6.54 Å². The largest absolute Gasteiger partial charge is 0.496 e. The second-order valence-corrected chi connectivity index (χ2v) is 4.92. The summed E-state index contributed by atoms with van der Waals surface area (Å²) < 4.78 is 5.40. The van der Waals surface area contributed by atoms with Crippen molar-refractivity contribution in [2.24, 2.45) is 5.73 Å². The molecule has 2 rings (SSSR count). The van der Waals surface area contributed by atoms with E-state index in [1.807, 2.05) is 19.1 Å². The first-order valence-electron chi connectivity index (χ1n) is 6.49. The van der Waals surface area contributed by atoms with Crippen molar-refractivity contribution in [3.05, 3.63) is 23.8 Å². The Kier molecular flexibility index (Phi) is 4.09. The van der Waals surface area contributed by atoms with E-state index in [1.54, 1.807) is 7.11 Å². The molecule has 0 spiro atoms. The predicted molar refractivity (Wildman–Crippen MR) is 73.1 cm³/mol. The van der Waals surface area contributed by atoms with E-state index in [4.69, 9.17) is 10.5 Å². The van der Waals surface area contributed by atoms with Crippen molar-refractivity contribution in [1.82, 2.24) is 0 Å². The number of nitrogens with two attached hydrogens (primary N) is 1. The van der Waals surface area contributed by atoms with Gasteiger partial charge in [0.05, 0.1) is 13.2 Å². The predicted octanol–water partition coefficient (Wildman–Crippen LogP) is 1.68. The van der Waals surface area contributed by atoms with Gasteiger partial charge >= 0.3 is 0 Å². The molecule has 0 amide bonds. The Balaban J connectivity index is 2.36. The first-order chi connectivity index (χ1) is 8.63. The molecule has 3 N–H and O–H groups in total. The number of ether oxygens (including phenoxy) is 1. The van der Waals surface area contributed by atoms with Crippen LogP contribution in [-0.4, -0.2) is 31.4 Å². The summed E-state index contributed by atoms with van der Waals surface area (Å²) in [5, 5.41) is 9.79. The number of piperidine rings is 1. The van der Waals surface area contributed by atoms with Crippen LogP contribution in [0.5, 0.6) is 5.75 Å². The summed E-state index contributed by atoms with van der Waals surface area (Å²) in [6.07, 6.45) is 1.65. The van der Waals surface area contributed by atoms with Gasteiger partial charge in [-0.1, -0.05) is 6.07 Å². The van der Waals surface area contributed by atoms with Crippen LogP contribution in [0.15, 0.2) is 18.2 Å². The lowest BCUT2D eigenvalue weighted by atomic mass is 10.0. The average Bonchev–Trinajstić information content (AvgIpc) is 2.37. The number of aliphatic hydroxyl groups is 1. The smallest absolute Gasteiger partial charge is 0.125 e. The minimum Gasteiger partial charge on any atom is -0.496 e. The average molecular weight is 250 g/mol. The molecule has 0 saturated carbocycles. The number of aliphatic hydroxyl groups excluding tert-OH is 1. The van der Waals surface area contributed by atoms with E-state index < -0.39 is 0 Å². The molecule has 1 aromatic carbocycles. The summed E-state index contributed by atoms with van der Waals surface area (Å²) in [5.74, 6) is 0.822. The van der Waals surface area contributed by atoms with Gasteiger partial charge in [0.25, 0.3) is 0 Å². The van der Waals surface area contributed by atoms with Gasteiger partial charge < -0.3 is 20.5 Å². The van der Waals surface area contributed by atoms with E-state index in [9.17, 15) is 5.11 Å². The summed E-state index contributed by atoms with van der Waals surface area (Å²) in [6.45, 7) is 3.60. The van der Waals surface area contributed by atoms with E-state index in [2.05, 4.69) is 11.0 Å². The van der Waals surface area contributed by atoms with Crippen molar-refractivity contribution in [1.29, 1.82) is 0 Å². The van der Waals surface area contributed by atoms with Crippen LogP contribution < -0.4 is 15.4 Å². The molecule has 4 heteroatoms. The zero-order valence-corrected chi connectivity index (χ0v) is 11.1. The molecule has 1 heterocycles. The highest BCUT2D eigenvalue weighted by Crippen LogP contribution is 2.34. The summed E-state index contributed by atoms with van der Waals surface area (Å²) in [6, 6.07) is 5.87. The lowest BCUT2D eigenvalue weighted by molar-refractivity contribution is 0.154. The molecule has 0 radical (unpaired) electrons. The third kappa shape index (κ3) is 2.60. The molecule has 1 aliphatic rings. The molecule has 100 valence electrons. The normalized spacial score (nSPS) is 21.8. The number of β-amino-alcohol motifs (C(OH)–C–C–N with tert-alkyl or cyclic N) is 1. The standard InChI is InChI=1S/C14H22N2O2/c1-10(15)14-12(6-3-7-13(14)18-2)16-8-4-5-11(17)9-16/h3,6-7,10-11,17H,4-5,8-9,15H2,1-2H3/t10-,11?/m1/s1. The van der Waals surface area contributed by atoms with Gasteiger partial charge in [0.2, 0.25) is 0 Å². The monoisotopic (exact) mass is 250 g/mol. The Hall–Kier alpha value is -1.26. The maximum absolute atomic E-state index is 9.79. The molecule has 1 aromatic rings. The van der Waals surface area contributed by atoms with Crippen LogP contribution in [0, 0.1) is 0 Å². The molecular formula is C14H22N2O2. The highest BCUT2D eigenvalue weighted by molar-refractivity contribution is 5.61. The van der Waals surface area contributed by atoms with Gasteiger partial charge in [-0.2, -0.15) is 0 Å². The summed E-state index contributed by atoms with van der Waals surface area (Å²) >= 11 is 0. The Morgan fingerprint density at radius 2 is 2.28 bits per heavy atom. The van der Waals surface area contributed by atoms with Crippen LogP contribution in [0.3, 0.4) is 0 Å². The second-order valence-electron chi connectivity index (χ2n) is 4.92. The Morgan fingerprint density at radius 3 is 2.89 bits per heavy atom. The molecule has 1 aliphatic heterocycles. The van der Waals surface area contributed by atoms with E-state index >= 15 is 0 Å². The van der Waals surface area contributed by atoms with Gasteiger partial charge in [-0.05, 0) is 31.9 Å². The molecule has 0 aromatic heterocycles. The highest BCUT2D eigenvalue weighted by atomic mass is 16.5. The van der Waals surface area contributed by atoms with Gasteiger partial charge in [-0.3, -0.25) is 0 Å². The second kappa shape index (κ2) is 5.59. The maximum atomic E-state index is 9.79. The van der Waals surface area contributed by atoms with Gasteiger partial charge in [-0.15, -0.1) is 0 Å². The number of rotatable bonds is 3. The Morgan fingerprint density at radius 1 is 1.50 bits per heavy atom. The Bertz CT molecular complexity index is 407. The summed E-state index contributed by atoms with van der Waals surface area (Å²) in [5.41, 5.74) is 8.17. The van der Waals surface area contributed by atoms with Gasteiger partial charge in [-0.25, -0.2) is 0 Å². The van der Waals surface area contributed by atoms with Crippen molar-refractivity contribution >= 4 is 5.69 Å². The van der Waals surface area contributed by atoms with Crippen molar-refractivity contribution in [3.8, 4) is 5.75 Å². The molecule has 1 saturated heterocycles. The number of anilines is 1. The number of hydrogen-bond donors (Lipinski definition) is 2. The van der Waals surface area contributed by atoms with Crippen LogP contribution in [0.1, 0.15) is 31.4 Å². The third-order valence-electron chi connectivity index (χ3n) is 3.46. The molecule has 1 unspecified atom stereocenters. The van der Waals surface area contributed by atoms with Gasteiger partial charge in [0, 0.05) is 30.4 Å². The van der Waals surface area contributed by atoms with E-state index in [-0.39, 0.29) is 12.1 Å². The number of hydrogen-bond acceptors (Lipinski definition) is 4. The molecule has 2 atom stereocenters. The lowest BCUT2D eigenvalue weighted by Crippen LogP contribution is -2.39. The van der Waals surface area contributed by atoms with Gasteiger partial charge in [0.1, 0.15) is 5.75 Å². The van der Waals surface area contributed by atoms with Crippen LogP contribution in [0.2, 0.25) is 0 Å². The van der Waals surface area contributed by atoms with E-state index in [0.717, 1.165) is 36.4 Å². The minimum absolute atomic E-state index is 0.0878. The first-order valence-corrected chi connectivity index (χ1v) is 6.49. The van der Waals surface area contributed by atoms with Crippen molar-refractivity contribution < 1.29 is 9.84 Å². The topological polar surface area (TPSA) is 58.7 Å². The first kappa shape index (κ1) is 13.2. The SMILES string of the molecule is COc1cccc(N2CCCC(O)C2)c1[C@@H](C)N. The van der Waals surface area contributed by atoms with Crippen LogP contribution in [-0.2, 0) is 0 Å². The molecule has 4 nitrogen and oxygen atoms in total. The van der Waals surface area contributed by atoms with Crippen molar-refractivity contribution in [2.45, 2.75) is 31.9 Å². The quantitative estimate of drug-likeness (QED) is 0.857. The van der Waals surface area contributed by atoms with Crippen LogP contribution in [0.25, 0.3) is 0 Å².